The number of fused-ring (bicyclic) bond motifs is 1. The first-order valence-electron chi connectivity index (χ1n) is 4.34. The van der Waals surface area contributed by atoms with Crippen molar-refractivity contribution in [2.45, 2.75) is 0 Å². The minimum Gasteiger partial charge on any atom is -0.383 e. The lowest BCUT2D eigenvalue weighted by molar-refractivity contribution is 0.713. The second-order valence-electron chi connectivity index (χ2n) is 3.30. The number of nitrogens with zero attached hydrogens (tertiary/aromatic N) is 3. The molecule has 0 bridgehead atoms. The van der Waals surface area contributed by atoms with Crippen LogP contribution in [0.1, 0.15) is 0 Å². The summed E-state index contributed by atoms with van der Waals surface area (Å²) in [5.41, 5.74) is 5.31. The van der Waals surface area contributed by atoms with Crippen molar-refractivity contribution in [3.8, 4) is 0 Å². The number of aryl methyl sites for hydroxylation is 1. The van der Waals surface area contributed by atoms with E-state index in [4.69, 9.17) is 5.73 Å². The summed E-state index contributed by atoms with van der Waals surface area (Å²) >= 11 is 0. The van der Waals surface area contributed by atoms with Crippen LogP contribution in [0, 0.1) is 0 Å². The second kappa shape index (κ2) is 2.94. The fraction of sp³-hybridized carbons (Fsp3) is 0.222. The molecule has 0 fully saturated rings. The summed E-state index contributed by atoms with van der Waals surface area (Å²) in [5.74, 6) is 0.142. The van der Waals surface area contributed by atoms with Gasteiger partial charge in [0.15, 0.2) is 0 Å². The number of hydrogen-bond acceptors (Lipinski definition) is 4. The van der Waals surface area contributed by atoms with Gasteiger partial charge in [0, 0.05) is 20.3 Å². The van der Waals surface area contributed by atoms with Crippen molar-refractivity contribution in [2.24, 2.45) is 14.1 Å². The Balaban J connectivity index is 3.23. The molecule has 2 aromatic heterocycles. The fourth-order valence-corrected chi connectivity index (χ4v) is 1.55. The van der Waals surface area contributed by atoms with Gasteiger partial charge in [0.2, 0.25) is 0 Å². The van der Waals surface area contributed by atoms with Gasteiger partial charge < -0.3 is 5.73 Å². The van der Waals surface area contributed by atoms with Crippen molar-refractivity contribution >= 4 is 16.7 Å². The molecule has 0 aliphatic rings. The van der Waals surface area contributed by atoms with E-state index in [0.29, 0.717) is 5.52 Å². The van der Waals surface area contributed by atoms with Gasteiger partial charge in [-0.25, -0.2) is 9.78 Å². The van der Waals surface area contributed by atoms with Gasteiger partial charge >= 0.3 is 5.69 Å². The zero-order chi connectivity index (χ0) is 11.2. The average Bonchev–Trinajstić information content (AvgIpc) is 2.23. The monoisotopic (exact) mass is 206 g/mol. The standard InChI is InChI=1S/C9H10N4O2/c1-12-5-3-4-11-7(10)6(5)8(14)13(2)9(12)15/h3-4H,1-2H3,(H2,10,11). The Morgan fingerprint density at radius 2 is 1.93 bits per heavy atom. The molecule has 0 aliphatic heterocycles. The highest BCUT2D eigenvalue weighted by atomic mass is 16.2. The Bertz CT molecular complexity index is 653. The minimum absolute atomic E-state index is 0.142. The molecule has 2 rings (SSSR count). The van der Waals surface area contributed by atoms with E-state index in [1.54, 1.807) is 13.1 Å². The molecule has 0 aromatic carbocycles. The van der Waals surface area contributed by atoms with E-state index in [9.17, 15) is 9.59 Å². The first kappa shape index (κ1) is 9.45. The van der Waals surface area contributed by atoms with Crippen molar-refractivity contribution in [3.05, 3.63) is 33.1 Å². The van der Waals surface area contributed by atoms with E-state index in [2.05, 4.69) is 4.98 Å². The van der Waals surface area contributed by atoms with Crippen LogP contribution >= 0.6 is 0 Å². The van der Waals surface area contributed by atoms with Crippen LogP contribution in [0.4, 0.5) is 5.82 Å². The third kappa shape index (κ3) is 1.14. The number of pyridine rings is 1. The molecular weight excluding hydrogens is 196 g/mol. The molecular formula is C9H10N4O2. The number of aromatic nitrogens is 3. The topological polar surface area (TPSA) is 82.9 Å². The normalized spacial score (nSPS) is 10.8. The summed E-state index contributed by atoms with van der Waals surface area (Å²) < 4.78 is 2.38. The number of nitrogens with two attached hydrogens (primary N) is 1. The van der Waals surface area contributed by atoms with E-state index < -0.39 is 5.56 Å². The van der Waals surface area contributed by atoms with Crippen molar-refractivity contribution in [3.63, 3.8) is 0 Å². The van der Waals surface area contributed by atoms with Crippen LogP contribution in [0.2, 0.25) is 0 Å². The Hall–Kier alpha value is -2.11. The first-order valence-corrected chi connectivity index (χ1v) is 4.34. The molecule has 0 amide bonds. The minimum atomic E-state index is -0.418. The van der Waals surface area contributed by atoms with E-state index in [1.807, 2.05) is 0 Å². The lowest BCUT2D eigenvalue weighted by Crippen LogP contribution is -2.37. The third-order valence-corrected chi connectivity index (χ3v) is 2.41. The molecule has 15 heavy (non-hydrogen) atoms. The Kier molecular flexibility index (Phi) is 1.85. The van der Waals surface area contributed by atoms with Crippen molar-refractivity contribution in [1.29, 1.82) is 0 Å². The maximum Gasteiger partial charge on any atom is 0.330 e. The molecule has 0 spiro atoms. The SMILES string of the molecule is Cn1c(=O)c2c(N)nccc2n(C)c1=O. The highest BCUT2D eigenvalue weighted by molar-refractivity contribution is 5.87. The van der Waals surface area contributed by atoms with E-state index >= 15 is 0 Å². The van der Waals surface area contributed by atoms with Crippen LogP contribution in [0.15, 0.2) is 21.9 Å². The van der Waals surface area contributed by atoms with Gasteiger partial charge in [-0.05, 0) is 6.07 Å². The molecule has 6 nitrogen and oxygen atoms in total. The number of anilines is 1. The molecule has 0 atom stereocenters. The second-order valence-corrected chi connectivity index (χ2v) is 3.30. The van der Waals surface area contributed by atoms with Crippen molar-refractivity contribution in [1.82, 2.24) is 14.1 Å². The lowest BCUT2D eigenvalue weighted by atomic mass is 10.3. The number of rotatable bonds is 0. The van der Waals surface area contributed by atoms with Gasteiger partial charge in [0.1, 0.15) is 11.2 Å². The zero-order valence-corrected chi connectivity index (χ0v) is 8.39. The van der Waals surface area contributed by atoms with Crippen LogP contribution in [-0.4, -0.2) is 14.1 Å². The molecule has 2 aromatic rings. The predicted octanol–water partition coefficient (Wildman–Crippen LogP) is -0.786. The molecule has 0 radical (unpaired) electrons. The summed E-state index contributed by atoms with van der Waals surface area (Å²) in [6, 6.07) is 1.59. The maximum absolute atomic E-state index is 11.8. The highest BCUT2D eigenvalue weighted by Gasteiger charge is 2.10. The van der Waals surface area contributed by atoms with Crippen molar-refractivity contribution < 1.29 is 0 Å². The highest BCUT2D eigenvalue weighted by Crippen LogP contribution is 2.11. The summed E-state index contributed by atoms with van der Waals surface area (Å²) in [6.45, 7) is 0. The van der Waals surface area contributed by atoms with E-state index in [-0.39, 0.29) is 16.9 Å². The van der Waals surface area contributed by atoms with Crippen LogP contribution in [0.5, 0.6) is 0 Å². The van der Waals surface area contributed by atoms with E-state index in [1.165, 1.54) is 17.8 Å². The third-order valence-electron chi connectivity index (χ3n) is 2.41. The van der Waals surface area contributed by atoms with Gasteiger partial charge in [-0.15, -0.1) is 0 Å². The Morgan fingerprint density at radius 1 is 1.27 bits per heavy atom. The molecule has 0 saturated heterocycles. The predicted molar refractivity (Wildman–Crippen MR) is 56.6 cm³/mol. The van der Waals surface area contributed by atoms with Gasteiger partial charge in [-0.2, -0.15) is 0 Å². The molecule has 78 valence electrons. The first-order chi connectivity index (χ1) is 7.04. The van der Waals surface area contributed by atoms with E-state index in [0.717, 1.165) is 4.57 Å². The molecule has 0 saturated carbocycles. The smallest absolute Gasteiger partial charge is 0.330 e. The summed E-state index contributed by atoms with van der Waals surface area (Å²) in [6.07, 6.45) is 1.47. The van der Waals surface area contributed by atoms with Crippen LogP contribution in [-0.2, 0) is 14.1 Å². The molecule has 6 heteroatoms. The van der Waals surface area contributed by atoms with Crippen molar-refractivity contribution in [2.75, 3.05) is 5.73 Å². The maximum atomic E-state index is 11.8. The largest absolute Gasteiger partial charge is 0.383 e. The molecule has 2 heterocycles. The van der Waals surface area contributed by atoms with Crippen LogP contribution in [0.25, 0.3) is 10.9 Å². The quantitative estimate of drug-likeness (QED) is 0.612. The molecule has 0 aliphatic carbocycles. The summed E-state index contributed by atoms with van der Waals surface area (Å²) in [4.78, 5) is 27.2. The summed E-state index contributed by atoms with van der Waals surface area (Å²) in [7, 11) is 3.00. The number of hydrogen-bond donors (Lipinski definition) is 1. The number of nitrogen functional groups attached to an aromatic ring is 1. The molecule has 0 unspecified atom stereocenters. The Labute approximate surface area is 84.6 Å². The Morgan fingerprint density at radius 3 is 2.60 bits per heavy atom. The summed E-state index contributed by atoms with van der Waals surface area (Å²) in [5, 5.41) is 0.280. The van der Waals surface area contributed by atoms with Gasteiger partial charge in [-0.3, -0.25) is 13.9 Å². The fourth-order valence-electron chi connectivity index (χ4n) is 1.55. The van der Waals surface area contributed by atoms with Crippen LogP contribution < -0.4 is 17.0 Å². The van der Waals surface area contributed by atoms with Gasteiger partial charge in [0.05, 0.1) is 5.52 Å². The molecule has 2 N–H and O–H groups in total. The van der Waals surface area contributed by atoms with Crippen LogP contribution in [0.3, 0.4) is 0 Å². The van der Waals surface area contributed by atoms with Gasteiger partial charge in [0.25, 0.3) is 5.56 Å². The lowest BCUT2D eigenvalue weighted by Gasteiger charge is -2.07. The van der Waals surface area contributed by atoms with Gasteiger partial charge in [-0.1, -0.05) is 0 Å². The average molecular weight is 206 g/mol. The zero-order valence-electron chi connectivity index (χ0n) is 8.39.